The van der Waals surface area contributed by atoms with Gasteiger partial charge in [-0.05, 0) is 37.5 Å². The van der Waals surface area contributed by atoms with Crippen LogP contribution in [0.5, 0.6) is 0 Å². The molecule has 2 fully saturated rings. The van der Waals surface area contributed by atoms with E-state index in [0.29, 0.717) is 17.5 Å². The number of rotatable bonds is 4. The van der Waals surface area contributed by atoms with Gasteiger partial charge in [-0.1, -0.05) is 6.42 Å². The summed E-state index contributed by atoms with van der Waals surface area (Å²) >= 11 is 0. The van der Waals surface area contributed by atoms with E-state index in [1.165, 1.54) is 18.8 Å². The number of halogens is 3. The zero-order valence-corrected chi connectivity index (χ0v) is 13.6. The maximum absolute atomic E-state index is 12.4. The lowest BCUT2D eigenvalue weighted by Gasteiger charge is -2.43. The maximum atomic E-state index is 12.4. The molecule has 2 unspecified atom stereocenters. The molecule has 3 N–H and O–H groups in total. The van der Waals surface area contributed by atoms with E-state index >= 15 is 0 Å². The van der Waals surface area contributed by atoms with Crippen molar-refractivity contribution in [2.75, 3.05) is 5.32 Å². The monoisotopic (exact) mass is 348 g/mol. The normalized spacial score (nSPS) is 29.9. The third-order valence-corrected chi connectivity index (χ3v) is 5.01. The SMILES string of the molecule is Cl.NC1C2CCCC1CC(C(=O)Nc1cnn(CC(F)F)c1)C2. The molecule has 2 aliphatic carbocycles. The summed E-state index contributed by atoms with van der Waals surface area (Å²) in [5, 5.41) is 6.63. The molecule has 1 aromatic heterocycles. The summed E-state index contributed by atoms with van der Waals surface area (Å²) in [6.07, 6.45) is 5.47. The quantitative estimate of drug-likeness (QED) is 0.878. The van der Waals surface area contributed by atoms with Crippen LogP contribution in [-0.2, 0) is 11.3 Å². The zero-order valence-electron chi connectivity index (χ0n) is 12.8. The minimum absolute atomic E-state index is 0. The predicted molar refractivity (Wildman–Crippen MR) is 85.6 cm³/mol. The highest BCUT2D eigenvalue weighted by Crippen LogP contribution is 2.42. The molecule has 0 radical (unpaired) electrons. The second kappa shape index (κ2) is 7.57. The minimum atomic E-state index is -2.46. The Kier molecular flexibility index (Phi) is 5.97. The first kappa shape index (κ1) is 18.1. The van der Waals surface area contributed by atoms with E-state index in [-0.39, 0.29) is 30.3 Å². The Morgan fingerprint density at radius 1 is 1.39 bits per heavy atom. The van der Waals surface area contributed by atoms with Gasteiger partial charge in [0.25, 0.3) is 6.43 Å². The van der Waals surface area contributed by atoms with Crippen LogP contribution in [0.3, 0.4) is 0 Å². The van der Waals surface area contributed by atoms with Crippen LogP contribution in [0.2, 0.25) is 0 Å². The van der Waals surface area contributed by atoms with Crippen LogP contribution < -0.4 is 11.1 Å². The van der Waals surface area contributed by atoms with Gasteiger partial charge in [-0.15, -0.1) is 12.4 Å². The summed E-state index contributed by atoms with van der Waals surface area (Å²) in [4.78, 5) is 12.4. The minimum Gasteiger partial charge on any atom is -0.327 e. The molecule has 2 bridgehead atoms. The van der Waals surface area contributed by atoms with Gasteiger partial charge in [-0.25, -0.2) is 8.78 Å². The van der Waals surface area contributed by atoms with E-state index in [0.717, 1.165) is 30.4 Å². The largest absolute Gasteiger partial charge is 0.327 e. The molecule has 130 valence electrons. The van der Waals surface area contributed by atoms with Crippen molar-refractivity contribution in [3.05, 3.63) is 12.4 Å². The molecular weight excluding hydrogens is 326 g/mol. The summed E-state index contributed by atoms with van der Waals surface area (Å²) in [7, 11) is 0. The summed E-state index contributed by atoms with van der Waals surface area (Å²) in [5.41, 5.74) is 6.71. The van der Waals surface area contributed by atoms with E-state index < -0.39 is 13.0 Å². The van der Waals surface area contributed by atoms with Gasteiger partial charge in [0.1, 0.15) is 6.54 Å². The van der Waals surface area contributed by atoms with Crippen LogP contribution in [0, 0.1) is 17.8 Å². The van der Waals surface area contributed by atoms with Gasteiger partial charge in [-0.2, -0.15) is 5.10 Å². The lowest BCUT2D eigenvalue weighted by atomic mass is 9.65. The van der Waals surface area contributed by atoms with E-state index in [4.69, 9.17) is 5.73 Å². The fourth-order valence-corrected chi connectivity index (χ4v) is 3.92. The van der Waals surface area contributed by atoms with E-state index in [2.05, 4.69) is 10.4 Å². The van der Waals surface area contributed by atoms with Crippen LogP contribution >= 0.6 is 12.4 Å². The molecule has 0 saturated heterocycles. The van der Waals surface area contributed by atoms with Crippen molar-refractivity contribution >= 4 is 24.0 Å². The number of nitrogens with one attached hydrogen (secondary N) is 1. The number of carbonyl (C=O) groups excluding carboxylic acids is 1. The second-order valence-electron chi connectivity index (χ2n) is 6.53. The highest BCUT2D eigenvalue weighted by atomic mass is 35.5. The standard InChI is InChI=1S/C15H22F2N4O.ClH/c16-13(17)8-21-7-12(6-19-21)20-15(22)11-4-9-2-1-3-10(5-11)14(9)18;/h6-7,9-11,13-14H,1-5,8,18H2,(H,20,22);1H. The Labute approximate surface area is 140 Å². The van der Waals surface area contributed by atoms with Crippen molar-refractivity contribution in [2.24, 2.45) is 23.5 Å². The average Bonchev–Trinajstić information content (AvgIpc) is 2.84. The molecule has 2 aliphatic rings. The number of hydrogen-bond donors (Lipinski definition) is 2. The lowest BCUT2D eigenvalue weighted by Crippen LogP contribution is -2.48. The molecule has 2 atom stereocenters. The highest BCUT2D eigenvalue weighted by Gasteiger charge is 2.40. The van der Waals surface area contributed by atoms with Crippen LogP contribution in [0.25, 0.3) is 0 Å². The molecule has 0 spiro atoms. The number of anilines is 1. The number of alkyl halides is 2. The predicted octanol–water partition coefficient (Wildman–Crippen LogP) is 2.66. The van der Waals surface area contributed by atoms with E-state index in [1.54, 1.807) is 0 Å². The molecule has 3 rings (SSSR count). The van der Waals surface area contributed by atoms with Crippen molar-refractivity contribution < 1.29 is 13.6 Å². The van der Waals surface area contributed by atoms with Crippen LogP contribution in [0.1, 0.15) is 32.1 Å². The van der Waals surface area contributed by atoms with Gasteiger partial charge in [0.15, 0.2) is 0 Å². The summed E-state index contributed by atoms with van der Waals surface area (Å²) in [5.74, 6) is 0.795. The van der Waals surface area contributed by atoms with Gasteiger partial charge in [0.2, 0.25) is 5.91 Å². The number of nitrogens with two attached hydrogens (primary N) is 1. The molecule has 0 aromatic carbocycles. The Morgan fingerprint density at radius 3 is 2.65 bits per heavy atom. The van der Waals surface area contributed by atoms with Crippen molar-refractivity contribution in [2.45, 2.75) is 51.1 Å². The Balaban J connectivity index is 0.00000192. The first-order chi connectivity index (χ1) is 10.5. The molecule has 1 heterocycles. The summed E-state index contributed by atoms with van der Waals surface area (Å²) in [6.45, 7) is -0.460. The summed E-state index contributed by atoms with van der Waals surface area (Å²) < 4.78 is 25.7. The Morgan fingerprint density at radius 2 is 2.04 bits per heavy atom. The Bertz CT molecular complexity index is 525. The smallest absolute Gasteiger partial charge is 0.257 e. The van der Waals surface area contributed by atoms with Gasteiger partial charge in [-0.3, -0.25) is 9.48 Å². The average molecular weight is 349 g/mol. The first-order valence-electron chi connectivity index (χ1n) is 7.90. The fraction of sp³-hybridized carbons (Fsp3) is 0.733. The van der Waals surface area contributed by atoms with Crippen molar-refractivity contribution in [1.29, 1.82) is 0 Å². The number of carbonyl (C=O) groups is 1. The van der Waals surface area contributed by atoms with Crippen molar-refractivity contribution in [3.63, 3.8) is 0 Å². The maximum Gasteiger partial charge on any atom is 0.257 e. The van der Waals surface area contributed by atoms with Gasteiger partial charge in [0.05, 0.1) is 11.9 Å². The molecule has 5 nitrogen and oxygen atoms in total. The van der Waals surface area contributed by atoms with Crippen molar-refractivity contribution in [3.8, 4) is 0 Å². The third-order valence-electron chi connectivity index (χ3n) is 5.01. The number of hydrogen-bond acceptors (Lipinski definition) is 3. The molecule has 23 heavy (non-hydrogen) atoms. The Hall–Kier alpha value is -1.21. The molecule has 0 aliphatic heterocycles. The number of nitrogens with zero attached hydrogens (tertiary/aromatic N) is 2. The number of aromatic nitrogens is 2. The number of amides is 1. The van der Waals surface area contributed by atoms with Gasteiger partial charge in [0, 0.05) is 18.2 Å². The van der Waals surface area contributed by atoms with E-state index in [1.807, 2.05) is 0 Å². The van der Waals surface area contributed by atoms with Crippen LogP contribution in [0.4, 0.5) is 14.5 Å². The summed E-state index contributed by atoms with van der Waals surface area (Å²) in [6, 6.07) is 0.228. The fourth-order valence-electron chi connectivity index (χ4n) is 3.92. The third kappa shape index (κ3) is 4.20. The van der Waals surface area contributed by atoms with Crippen molar-refractivity contribution in [1.82, 2.24) is 9.78 Å². The first-order valence-corrected chi connectivity index (χ1v) is 7.90. The van der Waals surface area contributed by atoms with E-state index in [9.17, 15) is 13.6 Å². The van der Waals surface area contributed by atoms with Gasteiger partial charge < -0.3 is 11.1 Å². The second-order valence-corrected chi connectivity index (χ2v) is 6.53. The zero-order chi connectivity index (χ0) is 15.7. The highest BCUT2D eigenvalue weighted by molar-refractivity contribution is 5.92. The molecule has 2 saturated carbocycles. The molecule has 1 aromatic rings. The molecular formula is C15H23ClF2N4O. The molecule has 8 heteroatoms. The number of fused-ring (bicyclic) bond motifs is 2. The lowest BCUT2D eigenvalue weighted by molar-refractivity contribution is -0.122. The van der Waals surface area contributed by atoms with Gasteiger partial charge >= 0.3 is 0 Å². The topological polar surface area (TPSA) is 72.9 Å². The van der Waals surface area contributed by atoms with Crippen LogP contribution in [-0.4, -0.2) is 28.2 Å². The van der Waals surface area contributed by atoms with Crippen LogP contribution in [0.15, 0.2) is 12.4 Å². The molecule has 1 amide bonds.